The van der Waals surface area contributed by atoms with Crippen LogP contribution in [0.1, 0.15) is 34.6 Å². The van der Waals surface area contributed by atoms with Crippen molar-refractivity contribution in [3.8, 4) is 17.2 Å². The van der Waals surface area contributed by atoms with Crippen LogP contribution in [0.15, 0.2) is 36.4 Å². The number of alkyl halides is 3. The standard InChI is InChI=1S/C23H21ClF3N5O6/c1-36-14-8-12(7-13(9-14)32(34)35)28-22(33)20-19(24)21-29-15(10-18(23(25,26)27)31(21)30-20)11-4-5-16(37-2)17(6-11)38-3/h4-9,15,18,29H,10H2,1-3H3,(H,28,33)/t15-,18-/m0/s1. The van der Waals surface area contributed by atoms with Gasteiger partial charge in [0.1, 0.15) is 16.6 Å². The number of anilines is 2. The van der Waals surface area contributed by atoms with Crippen molar-refractivity contribution in [1.82, 2.24) is 9.78 Å². The van der Waals surface area contributed by atoms with Crippen molar-refractivity contribution < 1.29 is 37.1 Å². The zero-order valence-corrected chi connectivity index (χ0v) is 20.9. The number of amides is 1. The number of nitrogens with zero attached hydrogens (tertiary/aromatic N) is 3. The summed E-state index contributed by atoms with van der Waals surface area (Å²) in [7, 11) is 4.12. The Morgan fingerprint density at radius 3 is 2.47 bits per heavy atom. The number of carbonyl (C=O) groups excluding carboxylic acids is 1. The largest absolute Gasteiger partial charge is 0.496 e. The van der Waals surface area contributed by atoms with Gasteiger partial charge in [0, 0.05) is 18.6 Å². The predicted molar refractivity (Wildman–Crippen MR) is 130 cm³/mol. The molecule has 0 unspecified atom stereocenters. The van der Waals surface area contributed by atoms with Crippen molar-refractivity contribution in [2.24, 2.45) is 0 Å². The molecular formula is C23H21ClF3N5O6. The minimum absolute atomic E-state index is 0.0355. The van der Waals surface area contributed by atoms with Gasteiger partial charge in [-0.25, -0.2) is 4.68 Å². The minimum Gasteiger partial charge on any atom is -0.496 e. The Balaban J connectivity index is 1.70. The molecule has 0 aliphatic carbocycles. The summed E-state index contributed by atoms with van der Waals surface area (Å²) < 4.78 is 58.4. The van der Waals surface area contributed by atoms with E-state index in [0.29, 0.717) is 21.7 Å². The monoisotopic (exact) mass is 555 g/mol. The van der Waals surface area contributed by atoms with E-state index in [1.807, 2.05) is 0 Å². The molecule has 1 aliphatic rings. The van der Waals surface area contributed by atoms with E-state index in [0.717, 1.165) is 12.1 Å². The number of aromatic nitrogens is 2. The van der Waals surface area contributed by atoms with Gasteiger partial charge in [0.2, 0.25) is 0 Å². The molecule has 11 nitrogen and oxygen atoms in total. The van der Waals surface area contributed by atoms with Crippen LogP contribution in [0.25, 0.3) is 0 Å². The number of non-ortho nitro benzene ring substituents is 1. The van der Waals surface area contributed by atoms with Crippen molar-refractivity contribution in [3.63, 3.8) is 0 Å². The highest BCUT2D eigenvalue weighted by Crippen LogP contribution is 2.47. The van der Waals surface area contributed by atoms with Gasteiger partial charge in [-0.05, 0) is 17.7 Å². The molecule has 0 spiro atoms. The number of hydrogen-bond acceptors (Lipinski definition) is 8. The summed E-state index contributed by atoms with van der Waals surface area (Å²) >= 11 is 6.37. The molecule has 38 heavy (non-hydrogen) atoms. The summed E-state index contributed by atoms with van der Waals surface area (Å²) in [5.74, 6) is -0.361. The van der Waals surface area contributed by atoms with E-state index in [1.165, 1.54) is 27.4 Å². The number of ether oxygens (including phenoxy) is 3. The van der Waals surface area contributed by atoms with Crippen molar-refractivity contribution in [2.75, 3.05) is 32.0 Å². The Bertz CT molecular complexity index is 1400. The van der Waals surface area contributed by atoms with E-state index in [1.54, 1.807) is 18.2 Å². The van der Waals surface area contributed by atoms with Crippen molar-refractivity contribution in [1.29, 1.82) is 0 Å². The maximum atomic E-state index is 14.1. The van der Waals surface area contributed by atoms with Crippen molar-refractivity contribution in [2.45, 2.75) is 24.7 Å². The first-order chi connectivity index (χ1) is 18.0. The van der Waals surface area contributed by atoms with Gasteiger partial charge in [0.05, 0.1) is 44.0 Å². The number of hydrogen-bond donors (Lipinski definition) is 2. The highest BCUT2D eigenvalue weighted by Gasteiger charge is 2.48. The molecule has 0 fully saturated rings. The van der Waals surface area contributed by atoms with Crippen LogP contribution in [0, 0.1) is 10.1 Å². The first-order valence-electron chi connectivity index (χ1n) is 10.9. The first kappa shape index (κ1) is 26.9. The van der Waals surface area contributed by atoms with Crippen LogP contribution in [0.2, 0.25) is 5.02 Å². The molecule has 4 rings (SSSR count). The Kier molecular flexibility index (Phi) is 7.26. The van der Waals surface area contributed by atoms with Crippen LogP contribution in [0.4, 0.5) is 30.4 Å². The summed E-state index contributed by atoms with van der Waals surface area (Å²) in [5, 5.41) is 20.0. The topological polar surface area (TPSA) is 130 Å². The summed E-state index contributed by atoms with van der Waals surface area (Å²) in [6.07, 6.45) is -5.17. The second-order valence-electron chi connectivity index (χ2n) is 8.19. The molecule has 1 aliphatic heterocycles. The molecule has 2 aromatic carbocycles. The van der Waals surface area contributed by atoms with Gasteiger partial charge < -0.3 is 24.8 Å². The smallest absolute Gasteiger partial charge is 0.410 e. The van der Waals surface area contributed by atoms with E-state index in [2.05, 4.69) is 15.7 Å². The molecule has 15 heteroatoms. The number of nitrogens with one attached hydrogen (secondary N) is 2. The zero-order valence-electron chi connectivity index (χ0n) is 20.1. The van der Waals surface area contributed by atoms with Crippen LogP contribution in [0.3, 0.4) is 0 Å². The lowest BCUT2D eigenvalue weighted by atomic mass is 9.96. The molecule has 0 saturated heterocycles. The average Bonchev–Trinajstić information content (AvgIpc) is 3.23. The number of carbonyl (C=O) groups is 1. The van der Waals surface area contributed by atoms with Gasteiger partial charge in [-0.1, -0.05) is 17.7 Å². The molecule has 1 amide bonds. The SMILES string of the molecule is COc1cc(NC(=O)c2nn3c(c2Cl)N[C@H](c2ccc(OC)c(OC)c2)C[C@H]3C(F)(F)F)cc([N+](=O)[O-])c1. The molecule has 0 saturated carbocycles. The maximum absolute atomic E-state index is 14.1. The number of rotatable bonds is 7. The first-order valence-corrected chi connectivity index (χ1v) is 11.3. The van der Waals surface area contributed by atoms with E-state index >= 15 is 0 Å². The summed E-state index contributed by atoms with van der Waals surface area (Å²) in [4.78, 5) is 23.5. The van der Waals surface area contributed by atoms with E-state index in [-0.39, 0.29) is 28.0 Å². The van der Waals surface area contributed by atoms with Gasteiger partial charge in [0.15, 0.2) is 23.2 Å². The molecule has 202 valence electrons. The third-order valence-electron chi connectivity index (χ3n) is 5.92. The lowest BCUT2D eigenvalue weighted by molar-refractivity contribution is -0.384. The molecule has 2 heterocycles. The number of nitro groups is 1. The van der Waals surface area contributed by atoms with Crippen molar-refractivity contribution >= 4 is 34.7 Å². The molecule has 1 aromatic heterocycles. The lowest BCUT2D eigenvalue weighted by Crippen LogP contribution is -2.35. The van der Waals surface area contributed by atoms with E-state index in [9.17, 15) is 28.1 Å². The third kappa shape index (κ3) is 5.11. The van der Waals surface area contributed by atoms with E-state index < -0.39 is 41.2 Å². The summed E-state index contributed by atoms with van der Waals surface area (Å²) in [5.41, 5.74) is -0.435. The molecule has 0 bridgehead atoms. The van der Waals surface area contributed by atoms with Crippen LogP contribution >= 0.6 is 11.6 Å². The number of halogens is 4. The third-order valence-corrected chi connectivity index (χ3v) is 6.27. The van der Waals surface area contributed by atoms with Gasteiger partial charge in [-0.2, -0.15) is 18.3 Å². The molecular weight excluding hydrogens is 535 g/mol. The Labute approximate surface area is 218 Å². The molecule has 3 aromatic rings. The lowest BCUT2D eigenvalue weighted by Gasteiger charge is -2.33. The maximum Gasteiger partial charge on any atom is 0.410 e. The quantitative estimate of drug-likeness (QED) is 0.293. The zero-order chi connectivity index (χ0) is 27.8. The molecule has 2 N–H and O–H groups in total. The number of methoxy groups -OCH3 is 3. The highest BCUT2D eigenvalue weighted by atomic mass is 35.5. The molecule has 0 radical (unpaired) electrons. The fraction of sp³-hybridized carbons (Fsp3) is 0.304. The van der Waals surface area contributed by atoms with Gasteiger partial charge in [-0.3, -0.25) is 14.9 Å². The number of nitro benzene ring substituents is 1. The Morgan fingerprint density at radius 1 is 1.16 bits per heavy atom. The average molecular weight is 556 g/mol. The van der Waals surface area contributed by atoms with Crippen LogP contribution in [0.5, 0.6) is 17.2 Å². The second-order valence-corrected chi connectivity index (χ2v) is 8.57. The van der Waals surface area contributed by atoms with Crippen LogP contribution in [-0.2, 0) is 0 Å². The van der Waals surface area contributed by atoms with Gasteiger partial charge in [0.25, 0.3) is 11.6 Å². The normalized spacial score (nSPS) is 16.7. The van der Waals surface area contributed by atoms with Gasteiger partial charge in [-0.15, -0.1) is 0 Å². The second kappa shape index (κ2) is 10.3. The van der Waals surface area contributed by atoms with Crippen LogP contribution < -0.4 is 24.8 Å². The van der Waals surface area contributed by atoms with Crippen LogP contribution in [-0.4, -0.2) is 48.1 Å². The summed E-state index contributed by atoms with van der Waals surface area (Å²) in [6, 6.07) is 5.26. The minimum atomic E-state index is -4.72. The number of benzene rings is 2. The summed E-state index contributed by atoms with van der Waals surface area (Å²) in [6.45, 7) is 0. The van der Waals surface area contributed by atoms with Gasteiger partial charge >= 0.3 is 6.18 Å². The highest BCUT2D eigenvalue weighted by molar-refractivity contribution is 6.36. The molecule has 2 atom stereocenters. The van der Waals surface area contributed by atoms with Crippen molar-refractivity contribution in [3.05, 3.63) is 62.8 Å². The van der Waals surface area contributed by atoms with E-state index in [4.69, 9.17) is 25.8 Å². The Hall–Kier alpha value is -4.20. The fourth-order valence-electron chi connectivity index (χ4n) is 4.09. The number of fused-ring (bicyclic) bond motifs is 1. The Morgan fingerprint density at radius 2 is 1.87 bits per heavy atom. The predicted octanol–water partition coefficient (Wildman–Crippen LogP) is 5.38. The fourth-order valence-corrected chi connectivity index (χ4v) is 4.36.